The molecule has 0 aromatic heterocycles. The van der Waals surface area contributed by atoms with Gasteiger partial charge in [0, 0.05) is 13.0 Å². The maximum Gasteiger partial charge on any atom is 0.364 e. The van der Waals surface area contributed by atoms with E-state index in [9.17, 15) is 26.1 Å². The molecule has 3 aromatic carbocycles. The molecule has 3 aromatic rings. The van der Waals surface area contributed by atoms with Crippen LogP contribution in [0.4, 0.5) is 13.2 Å². The third-order valence-electron chi connectivity index (χ3n) is 6.95. The Labute approximate surface area is 258 Å². The van der Waals surface area contributed by atoms with Gasteiger partial charge >= 0.3 is 5.25 Å². The first-order valence-corrected chi connectivity index (χ1v) is 16.8. The number of aliphatic hydroxyl groups is 1. The van der Waals surface area contributed by atoms with E-state index in [0.29, 0.717) is 0 Å². The summed E-state index contributed by atoms with van der Waals surface area (Å²) in [7, 11) is -6.11. The van der Waals surface area contributed by atoms with Crippen molar-refractivity contribution in [1.29, 1.82) is 0 Å². The second-order valence-electron chi connectivity index (χ2n) is 13.6. The van der Waals surface area contributed by atoms with Crippen LogP contribution in [0, 0.1) is 0 Å². The normalized spacial score (nSPS) is 13.8. The molecule has 0 saturated heterocycles. The minimum Gasteiger partial charge on any atom is -0.743 e. The minimum absolute atomic E-state index is 0.120. The van der Waals surface area contributed by atoms with Gasteiger partial charge in [-0.05, 0) is 69.3 Å². The molecule has 0 aliphatic carbocycles. The van der Waals surface area contributed by atoms with Gasteiger partial charge in [-0.15, -0.1) is 0 Å². The molecule has 0 heterocycles. The molecule has 1 unspecified atom stereocenters. The number of aliphatic hydroxyl groups excluding tert-OH is 1. The van der Waals surface area contributed by atoms with E-state index >= 15 is 0 Å². The van der Waals surface area contributed by atoms with Crippen molar-refractivity contribution in [2.45, 2.75) is 111 Å². The molecule has 238 valence electrons. The molecule has 1 atom stereocenters. The Kier molecular flexibility index (Phi) is 11.8. The molecule has 43 heavy (non-hydrogen) atoms. The van der Waals surface area contributed by atoms with Crippen molar-refractivity contribution in [1.82, 2.24) is 0 Å². The zero-order chi connectivity index (χ0) is 33.0. The second-order valence-corrected chi connectivity index (χ2v) is 17.1. The molecule has 4 nitrogen and oxygen atoms in total. The molecule has 0 amide bonds. The van der Waals surface area contributed by atoms with Gasteiger partial charge in [0.15, 0.2) is 31.0 Å². The molecular weight excluding hydrogens is 593 g/mol. The summed E-state index contributed by atoms with van der Waals surface area (Å²) in [6.07, 6.45) is -4.25. The summed E-state index contributed by atoms with van der Waals surface area (Å²) >= 11 is 0. The predicted molar refractivity (Wildman–Crippen MR) is 169 cm³/mol. The molecule has 3 rings (SSSR count). The number of hydrogen-bond donors (Lipinski definition) is 1. The molecule has 0 bridgehead atoms. The van der Waals surface area contributed by atoms with Crippen LogP contribution in [-0.2, 0) is 37.3 Å². The SMILES string of the molecule is CC(C)(C)c1ccc([S+](c2ccc(C(C)(C)C)cc2)c2ccc(C(C)(C)C)cc2)cc1.O=S(=O)([O-])C(F)(F)C(F)CCO. The van der Waals surface area contributed by atoms with E-state index in [0.717, 1.165) is 0 Å². The number of alkyl halides is 3. The fourth-order valence-electron chi connectivity index (χ4n) is 4.12. The minimum atomic E-state index is -5.99. The summed E-state index contributed by atoms with van der Waals surface area (Å²) in [5.74, 6) is 0. The molecule has 1 N–H and O–H groups in total. The average Bonchev–Trinajstić information content (AvgIpc) is 2.88. The van der Waals surface area contributed by atoms with E-state index in [1.807, 2.05) is 0 Å². The van der Waals surface area contributed by atoms with Gasteiger partial charge in [0.25, 0.3) is 0 Å². The van der Waals surface area contributed by atoms with Crippen LogP contribution in [0.25, 0.3) is 0 Å². The van der Waals surface area contributed by atoms with Crippen molar-refractivity contribution in [2.75, 3.05) is 6.61 Å². The van der Waals surface area contributed by atoms with Crippen LogP contribution < -0.4 is 0 Å². The van der Waals surface area contributed by atoms with E-state index in [2.05, 4.69) is 135 Å². The van der Waals surface area contributed by atoms with Crippen molar-refractivity contribution < 1.29 is 31.2 Å². The van der Waals surface area contributed by atoms with Crippen LogP contribution in [0.5, 0.6) is 0 Å². The highest BCUT2D eigenvalue weighted by Crippen LogP contribution is 2.35. The first-order chi connectivity index (χ1) is 19.5. The van der Waals surface area contributed by atoms with E-state index in [1.165, 1.54) is 31.4 Å². The molecule has 9 heteroatoms. The second kappa shape index (κ2) is 13.8. The first kappa shape index (κ1) is 36.9. The number of rotatable bonds is 7. The van der Waals surface area contributed by atoms with Gasteiger partial charge in [0.2, 0.25) is 0 Å². The van der Waals surface area contributed by atoms with Gasteiger partial charge in [-0.1, -0.05) is 98.7 Å². The van der Waals surface area contributed by atoms with Crippen LogP contribution in [0.1, 0.15) is 85.4 Å². The molecular formula is C34H45F3O4S2. The van der Waals surface area contributed by atoms with Crippen LogP contribution in [-0.4, -0.2) is 36.1 Å². The van der Waals surface area contributed by atoms with Gasteiger partial charge in [-0.2, -0.15) is 8.78 Å². The number of hydrogen-bond acceptors (Lipinski definition) is 4. The predicted octanol–water partition coefficient (Wildman–Crippen LogP) is 8.52. The molecule has 0 aliphatic heterocycles. The fraction of sp³-hybridized carbons (Fsp3) is 0.471. The van der Waals surface area contributed by atoms with Crippen molar-refractivity contribution in [2.24, 2.45) is 0 Å². The number of benzene rings is 3. The summed E-state index contributed by atoms with van der Waals surface area (Å²) in [6, 6.07) is 27.8. The molecule has 0 radical (unpaired) electrons. The Bertz CT molecular complexity index is 1280. The maximum atomic E-state index is 12.2. The lowest BCUT2D eigenvalue weighted by Crippen LogP contribution is -2.39. The summed E-state index contributed by atoms with van der Waals surface area (Å²) in [4.78, 5) is 4.13. The van der Waals surface area contributed by atoms with Crippen LogP contribution >= 0.6 is 0 Å². The topological polar surface area (TPSA) is 77.4 Å². The Morgan fingerprint density at radius 2 is 0.907 bits per heavy atom. The van der Waals surface area contributed by atoms with Crippen molar-refractivity contribution in [3.8, 4) is 0 Å². The highest BCUT2D eigenvalue weighted by Gasteiger charge is 2.46. The Morgan fingerprint density at radius 1 is 0.651 bits per heavy atom. The Hall–Kier alpha value is -2.33. The summed E-state index contributed by atoms with van der Waals surface area (Å²) in [6.45, 7) is 19.5. The Balaban J connectivity index is 0.000000455. The van der Waals surface area contributed by atoms with Gasteiger partial charge in [-0.3, -0.25) is 0 Å². The third-order valence-corrected chi connectivity index (χ3v) is 10.1. The van der Waals surface area contributed by atoms with Crippen molar-refractivity contribution in [3.63, 3.8) is 0 Å². The molecule has 0 aliphatic rings. The van der Waals surface area contributed by atoms with E-state index < -0.39 is 34.6 Å². The quantitative estimate of drug-likeness (QED) is 0.208. The van der Waals surface area contributed by atoms with Crippen molar-refractivity contribution in [3.05, 3.63) is 89.5 Å². The fourth-order valence-corrected chi connectivity index (χ4v) is 6.59. The molecule has 0 spiro atoms. The highest BCUT2D eigenvalue weighted by atomic mass is 32.2. The largest absolute Gasteiger partial charge is 0.743 e. The lowest BCUT2D eigenvalue weighted by atomic mass is 9.87. The lowest BCUT2D eigenvalue weighted by molar-refractivity contribution is -0.0131. The van der Waals surface area contributed by atoms with E-state index in [1.54, 1.807) is 0 Å². The summed E-state index contributed by atoms with van der Waals surface area (Å²) < 4.78 is 65.7. The van der Waals surface area contributed by atoms with Gasteiger partial charge < -0.3 is 9.66 Å². The first-order valence-electron chi connectivity index (χ1n) is 14.1. The van der Waals surface area contributed by atoms with Gasteiger partial charge in [-0.25, -0.2) is 12.8 Å². The number of halogens is 3. The van der Waals surface area contributed by atoms with Gasteiger partial charge in [0.05, 0.1) is 10.9 Å². The van der Waals surface area contributed by atoms with Gasteiger partial charge in [0.1, 0.15) is 0 Å². The van der Waals surface area contributed by atoms with Crippen LogP contribution in [0.3, 0.4) is 0 Å². The Morgan fingerprint density at radius 3 is 1.09 bits per heavy atom. The zero-order valence-corrected chi connectivity index (χ0v) is 28.2. The van der Waals surface area contributed by atoms with Crippen LogP contribution in [0.2, 0.25) is 0 Å². The van der Waals surface area contributed by atoms with E-state index in [4.69, 9.17) is 5.11 Å². The summed E-state index contributed by atoms with van der Waals surface area (Å²) in [5.41, 5.74) is 4.64. The third kappa shape index (κ3) is 9.83. The van der Waals surface area contributed by atoms with E-state index in [-0.39, 0.29) is 27.1 Å². The lowest BCUT2D eigenvalue weighted by Gasteiger charge is -2.22. The van der Waals surface area contributed by atoms with Crippen LogP contribution in [0.15, 0.2) is 87.5 Å². The van der Waals surface area contributed by atoms with Crippen molar-refractivity contribution >= 4 is 21.0 Å². The summed E-state index contributed by atoms with van der Waals surface area (Å²) in [5, 5.41) is 3.03. The average molecular weight is 639 g/mol. The standard InChI is InChI=1S/C30H39S.C4H7F3O4S/c1-28(2,3)22-10-16-25(17-11-22)31(26-18-12-23(13-19-26)29(4,5)6)27-20-14-24(15-21-27)30(7,8)9;5-3(1-2-8)4(6,7)12(9,10)11/h10-21H,1-9H3;3,8H,1-2H2,(H,9,10,11)/q+1;/p-1. The highest BCUT2D eigenvalue weighted by molar-refractivity contribution is 7.97. The maximum absolute atomic E-state index is 12.2. The molecule has 0 saturated carbocycles. The zero-order valence-electron chi connectivity index (χ0n) is 26.5. The molecule has 0 fully saturated rings. The smallest absolute Gasteiger partial charge is 0.364 e. The monoisotopic (exact) mass is 638 g/mol.